The number of nitriles is 1. The third-order valence-corrected chi connectivity index (χ3v) is 2.21. The second kappa shape index (κ2) is 5.87. The van der Waals surface area contributed by atoms with Gasteiger partial charge in [0.05, 0.1) is 6.10 Å². The lowest BCUT2D eigenvalue weighted by Crippen LogP contribution is -2.12. The Kier molecular flexibility index (Phi) is 4.50. The van der Waals surface area contributed by atoms with Gasteiger partial charge in [-0.15, -0.1) is 0 Å². The Balaban J connectivity index is 3.01. The lowest BCUT2D eigenvalue weighted by atomic mass is 10.1. The van der Waals surface area contributed by atoms with Gasteiger partial charge >= 0.3 is 5.97 Å². The standard InChI is InChI=1S/C14H15NO3/c1-9(2)18-14(17)12(8-15)7-11-4-5-13(16)10(3)6-11/h4-7,9,16H,1-3H3. The lowest BCUT2D eigenvalue weighted by molar-refractivity contribution is -0.142. The summed E-state index contributed by atoms with van der Waals surface area (Å²) in [6.07, 6.45) is 1.17. The number of aryl methyl sites for hydroxylation is 1. The van der Waals surface area contributed by atoms with Crippen LogP contribution >= 0.6 is 0 Å². The molecule has 0 unspecified atom stereocenters. The summed E-state index contributed by atoms with van der Waals surface area (Å²) in [6.45, 7) is 5.18. The summed E-state index contributed by atoms with van der Waals surface area (Å²) in [6, 6.07) is 6.65. The van der Waals surface area contributed by atoms with Crippen LogP contribution in [-0.4, -0.2) is 17.2 Å². The maximum Gasteiger partial charge on any atom is 0.349 e. The van der Waals surface area contributed by atoms with Crippen molar-refractivity contribution < 1.29 is 14.6 Å². The fourth-order valence-electron chi connectivity index (χ4n) is 1.35. The van der Waals surface area contributed by atoms with Gasteiger partial charge in [0.2, 0.25) is 0 Å². The van der Waals surface area contributed by atoms with Gasteiger partial charge < -0.3 is 9.84 Å². The SMILES string of the molecule is Cc1cc(C=C(C#N)C(=O)OC(C)C)ccc1O. The maximum atomic E-state index is 11.6. The molecule has 0 aliphatic carbocycles. The highest BCUT2D eigenvalue weighted by Crippen LogP contribution is 2.19. The summed E-state index contributed by atoms with van der Waals surface area (Å²) in [4.78, 5) is 11.6. The predicted molar refractivity (Wildman–Crippen MR) is 67.7 cm³/mol. The van der Waals surface area contributed by atoms with Crippen molar-refractivity contribution in [3.8, 4) is 11.8 Å². The molecule has 94 valence electrons. The molecule has 0 saturated heterocycles. The molecule has 0 saturated carbocycles. The highest BCUT2D eigenvalue weighted by Gasteiger charge is 2.12. The number of phenols is 1. The van der Waals surface area contributed by atoms with Gasteiger partial charge in [0.15, 0.2) is 0 Å². The molecule has 0 aromatic heterocycles. The summed E-state index contributed by atoms with van der Waals surface area (Å²) >= 11 is 0. The molecule has 0 radical (unpaired) electrons. The van der Waals surface area contributed by atoms with E-state index in [9.17, 15) is 9.90 Å². The summed E-state index contributed by atoms with van der Waals surface area (Å²) in [7, 11) is 0. The molecule has 18 heavy (non-hydrogen) atoms. The van der Waals surface area contributed by atoms with Gasteiger partial charge in [0, 0.05) is 0 Å². The van der Waals surface area contributed by atoms with Crippen molar-refractivity contribution in [1.29, 1.82) is 5.26 Å². The van der Waals surface area contributed by atoms with Crippen LogP contribution in [0.1, 0.15) is 25.0 Å². The molecule has 0 amide bonds. The number of phenolic OH excluding ortho intramolecular Hbond substituents is 1. The number of rotatable bonds is 3. The molecular formula is C14H15NO3. The molecule has 4 heteroatoms. The van der Waals surface area contributed by atoms with E-state index in [1.54, 1.807) is 32.9 Å². The number of hydrogen-bond acceptors (Lipinski definition) is 4. The van der Waals surface area contributed by atoms with Crippen LogP contribution in [-0.2, 0) is 9.53 Å². The normalized spacial score (nSPS) is 11.2. The molecule has 0 atom stereocenters. The monoisotopic (exact) mass is 245 g/mol. The van der Waals surface area contributed by atoms with Crippen LogP contribution < -0.4 is 0 Å². The van der Waals surface area contributed by atoms with Crippen LogP contribution in [0.3, 0.4) is 0 Å². The quantitative estimate of drug-likeness (QED) is 0.504. The number of esters is 1. The van der Waals surface area contributed by atoms with Crippen molar-refractivity contribution in [3.05, 3.63) is 34.9 Å². The number of carbonyl (C=O) groups excluding carboxylic acids is 1. The molecule has 0 fully saturated rings. The molecule has 4 nitrogen and oxygen atoms in total. The van der Waals surface area contributed by atoms with Crippen LogP contribution in [0.15, 0.2) is 23.8 Å². The van der Waals surface area contributed by atoms with Gasteiger partial charge in [0.1, 0.15) is 17.4 Å². The van der Waals surface area contributed by atoms with E-state index in [-0.39, 0.29) is 17.4 Å². The van der Waals surface area contributed by atoms with Crippen molar-refractivity contribution in [2.45, 2.75) is 26.9 Å². The molecule has 1 aromatic carbocycles. The van der Waals surface area contributed by atoms with E-state index in [2.05, 4.69) is 0 Å². The number of nitrogens with zero attached hydrogens (tertiary/aromatic N) is 1. The van der Waals surface area contributed by atoms with Crippen LogP contribution in [0.25, 0.3) is 6.08 Å². The van der Waals surface area contributed by atoms with E-state index < -0.39 is 5.97 Å². The minimum atomic E-state index is -0.641. The lowest BCUT2D eigenvalue weighted by Gasteiger charge is -2.06. The fourth-order valence-corrected chi connectivity index (χ4v) is 1.35. The molecule has 1 aromatic rings. The zero-order valence-electron chi connectivity index (χ0n) is 10.6. The van der Waals surface area contributed by atoms with Gasteiger partial charge in [-0.05, 0) is 50.1 Å². The Labute approximate surface area is 106 Å². The van der Waals surface area contributed by atoms with Crippen molar-refractivity contribution in [1.82, 2.24) is 0 Å². The van der Waals surface area contributed by atoms with Gasteiger partial charge in [0.25, 0.3) is 0 Å². The Bertz CT molecular complexity index is 524. The topological polar surface area (TPSA) is 70.3 Å². The van der Waals surface area contributed by atoms with Crippen LogP contribution in [0.4, 0.5) is 0 Å². The molecular weight excluding hydrogens is 230 g/mol. The fraction of sp³-hybridized carbons (Fsp3) is 0.286. The van der Waals surface area contributed by atoms with E-state index >= 15 is 0 Å². The predicted octanol–water partition coefficient (Wildman–Crippen LogP) is 2.56. The van der Waals surface area contributed by atoms with Gasteiger partial charge in [-0.2, -0.15) is 5.26 Å². The molecule has 0 spiro atoms. The molecule has 1 rings (SSSR count). The van der Waals surface area contributed by atoms with E-state index in [4.69, 9.17) is 10.00 Å². The average molecular weight is 245 g/mol. The number of carbonyl (C=O) groups is 1. The van der Waals surface area contributed by atoms with Gasteiger partial charge in [-0.3, -0.25) is 0 Å². The molecule has 0 aliphatic rings. The average Bonchev–Trinajstić information content (AvgIpc) is 2.29. The van der Waals surface area contributed by atoms with E-state index in [1.165, 1.54) is 12.1 Å². The first-order chi connectivity index (χ1) is 8.43. The minimum Gasteiger partial charge on any atom is -0.508 e. The van der Waals surface area contributed by atoms with E-state index in [0.29, 0.717) is 11.1 Å². The maximum absolute atomic E-state index is 11.6. The third kappa shape index (κ3) is 3.63. The largest absolute Gasteiger partial charge is 0.508 e. The second-order valence-corrected chi connectivity index (χ2v) is 4.17. The smallest absolute Gasteiger partial charge is 0.349 e. The van der Waals surface area contributed by atoms with Gasteiger partial charge in [-0.1, -0.05) is 6.07 Å². The van der Waals surface area contributed by atoms with Crippen molar-refractivity contribution in [2.75, 3.05) is 0 Å². The van der Waals surface area contributed by atoms with Crippen LogP contribution in [0, 0.1) is 18.3 Å². The first-order valence-electron chi connectivity index (χ1n) is 5.56. The minimum absolute atomic E-state index is 0.0613. The summed E-state index contributed by atoms with van der Waals surface area (Å²) < 4.78 is 4.95. The third-order valence-electron chi connectivity index (χ3n) is 2.21. The summed E-state index contributed by atoms with van der Waals surface area (Å²) in [5.41, 5.74) is 1.29. The molecule has 0 bridgehead atoms. The van der Waals surface area contributed by atoms with Crippen molar-refractivity contribution in [2.24, 2.45) is 0 Å². The number of benzene rings is 1. The summed E-state index contributed by atoms with van der Waals surface area (Å²) in [5, 5.41) is 18.3. The van der Waals surface area contributed by atoms with Crippen LogP contribution in [0.5, 0.6) is 5.75 Å². The number of aromatic hydroxyl groups is 1. The molecule has 1 N–H and O–H groups in total. The molecule has 0 heterocycles. The van der Waals surface area contributed by atoms with Crippen molar-refractivity contribution in [3.63, 3.8) is 0 Å². The zero-order chi connectivity index (χ0) is 13.7. The Morgan fingerprint density at radius 2 is 2.17 bits per heavy atom. The van der Waals surface area contributed by atoms with Gasteiger partial charge in [-0.25, -0.2) is 4.79 Å². The Morgan fingerprint density at radius 3 is 2.67 bits per heavy atom. The highest BCUT2D eigenvalue weighted by atomic mass is 16.5. The zero-order valence-corrected chi connectivity index (χ0v) is 10.6. The van der Waals surface area contributed by atoms with E-state index in [1.807, 2.05) is 6.07 Å². The first kappa shape index (κ1) is 13.8. The Morgan fingerprint density at radius 1 is 1.50 bits per heavy atom. The van der Waals surface area contributed by atoms with Crippen molar-refractivity contribution >= 4 is 12.0 Å². The number of ether oxygens (including phenoxy) is 1. The van der Waals surface area contributed by atoms with Crippen LogP contribution in [0.2, 0.25) is 0 Å². The summed E-state index contributed by atoms with van der Waals surface area (Å²) in [5.74, 6) is -0.464. The second-order valence-electron chi connectivity index (χ2n) is 4.17. The number of hydrogen-bond donors (Lipinski definition) is 1. The molecule has 0 aliphatic heterocycles. The highest BCUT2D eigenvalue weighted by molar-refractivity contribution is 5.98. The first-order valence-corrected chi connectivity index (χ1v) is 5.56. The van der Waals surface area contributed by atoms with E-state index in [0.717, 1.165) is 0 Å². The Hall–Kier alpha value is -2.28.